The van der Waals surface area contributed by atoms with E-state index in [0.717, 1.165) is 45.5 Å². The number of nitrogens with zero attached hydrogens (tertiary/aromatic N) is 3. The molecule has 1 radical (unpaired) electrons. The molecule has 0 unspecified atom stereocenters. The summed E-state index contributed by atoms with van der Waals surface area (Å²) in [6.45, 7) is 0. The lowest BCUT2D eigenvalue weighted by Gasteiger charge is -2.25. The van der Waals surface area contributed by atoms with Crippen LogP contribution in [0.15, 0.2) is 170 Å². The van der Waals surface area contributed by atoms with Gasteiger partial charge in [0.05, 0.1) is 11.4 Å². The van der Waals surface area contributed by atoms with E-state index in [4.69, 9.17) is 5.32 Å². The first-order valence-corrected chi connectivity index (χ1v) is 13.1. The molecule has 6 aromatic rings. The van der Waals surface area contributed by atoms with Crippen LogP contribution in [0.1, 0.15) is 0 Å². The van der Waals surface area contributed by atoms with Crippen LogP contribution in [0, 0.1) is 0 Å². The van der Waals surface area contributed by atoms with Crippen LogP contribution in [-0.4, -0.2) is 0 Å². The molecule has 0 spiro atoms. The second kappa shape index (κ2) is 11.4. The van der Waals surface area contributed by atoms with Crippen molar-refractivity contribution in [1.29, 1.82) is 0 Å². The van der Waals surface area contributed by atoms with Crippen molar-refractivity contribution < 1.29 is 0 Å². The van der Waals surface area contributed by atoms with E-state index < -0.39 is 0 Å². The molecule has 0 saturated carbocycles. The predicted molar refractivity (Wildman–Crippen MR) is 164 cm³/mol. The molecule has 0 aliphatic rings. The Bertz CT molecular complexity index is 1380. The number of rotatable bonds is 8. The molecule has 0 fully saturated rings. The fourth-order valence-corrected chi connectivity index (χ4v) is 4.70. The highest BCUT2D eigenvalue weighted by Crippen LogP contribution is 2.36. The van der Waals surface area contributed by atoms with E-state index in [9.17, 15) is 0 Å². The van der Waals surface area contributed by atoms with E-state index >= 15 is 0 Å². The number of hydrogen-bond acceptors (Lipinski definition) is 2. The van der Waals surface area contributed by atoms with E-state index in [1.54, 1.807) is 0 Å². The largest absolute Gasteiger partial charge is 0.311 e. The van der Waals surface area contributed by atoms with Crippen molar-refractivity contribution in [3.63, 3.8) is 0 Å². The Labute approximate surface area is 230 Å². The molecule has 6 aromatic carbocycles. The number of para-hydroxylation sites is 4. The second-order valence-electron chi connectivity index (χ2n) is 9.16. The fraction of sp³-hybridized carbons (Fsp3) is 0. The van der Waals surface area contributed by atoms with Gasteiger partial charge in [0.25, 0.3) is 0 Å². The third-order valence-corrected chi connectivity index (χ3v) is 6.53. The van der Waals surface area contributed by atoms with Gasteiger partial charge in [0.2, 0.25) is 0 Å². The van der Waals surface area contributed by atoms with Crippen molar-refractivity contribution in [2.45, 2.75) is 0 Å². The van der Waals surface area contributed by atoms with Gasteiger partial charge in [-0.05, 0) is 97.1 Å². The lowest BCUT2D eigenvalue weighted by molar-refractivity contribution is 1.18. The highest BCUT2D eigenvalue weighted by atomic mass is 15.1. The standard InChI is InChI=1S/C36H28N3/c1-5-13-31(14-6-1)38(32-15-7-2-8-16-32)35-25-21-29(22-26-35)37-30-23-27-36(28-24-30)39(33-17-9-3-10-18-33)34-19-11-4-12-20-34/h1-28H. The number of benzene rings is 6. The predicted octanol–water partition coefficient (Wildman–Crippen LogP) is 10.2. The van der Waals surface area contributed by atoms with Gasteiger partial charge in [-0.2, -0.15) is 0 Å². The number of anilines is 6. The molecule has 0 amide bonds. The van der Waals surface area contributed by atoms with Crippen molar-refractivity contribution in [3.05, 3.63) is 170 Å². The zero-order chi connectivity index (χ0) is 26.3. The van der Waals surface area contributed by atoms with Crippen LogP contribution in [0.2, 0.25) is 0 Å². The van der Waals surface area contributed by atoms with E-state index in [1.165, 1.54) is 0 Å². The first kappa shape index (κ1) is 24.1. The van der Waals surface area contributed by atoms with Gasteiger partial charge in [0.15, 0.2) is 0 Å². The summed E-state index contributed by atoms with van der Waals surface area (Å²) in [7, 11) is 0. The molecule has 39 heavy (non-hydrogen) atoms. The molecule has 6 rings (SSSR count). The summed E-state index contributed by atoms with van der Waals surface area (Å²) in [5.74, 6) is 0. The Kier molecular flexibility index (Phi) is 7.04. The van der Waals surface area contributed by atoms with Crippen LogP contribution < -0.4 is 15.1 Å². The van der Waals surface area contributed by atoms with Gasteiger partial charge < -0.3 is 9.80 Å². The smallest absolute Gasteiger partial charge is 0.0638 e. The Morgan fingerprint density at radius 3 is 0.744 bits per heavy atom. The molecule has 3 heteroatoms. The summed E-state index contributed by atoms with van der Waals surface area (Å²) in [4.78, 5) is 4.50. The van der Waals surface area contributed by atoms with Crippen LogP contribution in [0.4, 0.5) is 45.5 Å². The monoisotopic (exact) mass is 502 g/mol. The van der Waals surface area contributed by atoms with Crippen molar-refractivity contribution in [2.75, 3.05) is 9.80 Å². The van der Waals surface area contributed by atoms with E-state index in [0.29, 0.717) is 0 Å². The van der Waals surface area contributed by atoms with Crippen LogP contribution in [-0.2, 0) is 0 Å². The van der Waals surface area contributed by atoms with Crippen LogP contribution in [0.5, 0.6) is 0 Å². The maximum absolute atomic E-state index is 4.90. The highest BCUT2D eigenvalue weighted by molar-refractivity contribution is 5.78. The Balaban J connectivity index is 1.24. The van der Waals surface area contributed by atoms with Crippen LogP contribution >= 0.6 is 0 Å². The van der Waals surface area contributed by atoms with Gasteiger partial charge in [-0.3, -0.25) is 0 Å². The van der Waals surface area contributed by atoms with Crippen molar-refractivity contribution >= 4 is 45.5 Å². The Morgan fingerprint density at radius 1 is 0.256 bits per heavy atom. The fourth-order valence-electron chi connectivity index (χ4n) is 4.70. The van der Waals surface area contributed by atoms with Crippen LogP contribution in [0.3, 0.4) is 0 Å². The third-order valence-electron chi connectivity index (χ3n) is 6.53. The van der Waals surface area contributed by atoms with Gasteiger partial charge >= 0.3 is 0 Å². The SMILES string of the molecule is c1ccc(N(c2ccccc2)c2ccc([N]c3ccc(N(c4ccccc4)c4ccccc4)cc3)cc2)cc1. The molecule has 0 bridgehead atoms. The summed E-state index contributed by atoms with van der Waals surface area (Å²) in [6.07, 6.45) is 0. The van der Waals surface area contributed by atoms with Gasteiger partial charge in [0, 0.05) is 34.1 Å². The molecule has 0 N–H and O–H groups in total. The van der Waals surface area contributed by atoms with Gasteiger partial charge in [-0.25, -0.2) is 5.32 Å². The molecule has 0 aliphatic heterocycles. The van der Waals surface area contributed by atoms with E-state index in [-0.39, 0.29) is 0 Å². The normalized spacial score (nSPS) is 10.6. The minimum absolute atomic E-state index is 0.913. The zero-order valence-electron chi connectivity index (χ0n) is 21.5. The zero-order valence-corrected chi connectivity index (χ0v) is 21.5. The quantitative estimate of drug-likeness (QED) is 0.206. The molecule has 3 nitrogen and oxygen atoms in total. The Morgan fingerprint density at radius 2 is 0.487 bits per heavy atom. The summed E-state index contributed by atoms with van der Waals surface area (Å²) in [6, 6.07) is 58.5. The minimum Gasteiger partial charge on any atom is -0.311 e. The van der Waals surface area contributed by atoms with Gasteiger partial charge in [-0.15, -0.1) is 0 Å². The molecule has 187 valence electrons. The molecule has 0 atom stereocenters. The van der Waals surface area contributed by atoms with Crippen molar-refractivity contribution in [1.82, 2.24) is 5.32 Å². The average molecular weight is 503 g/mol. The highest BCUT2D eigenvalue weighted by Gasteiger charge is 2.13. The first-order chi connectivity index (χ1) is 19.3. The molecule has 0 heterocycles. The maximum atomic E-state index is 4.90. The summed E-state index contributed by atoms with van der Waals surface area (Å²) in [5.41, 5.74) is 8.46. The average Bonchev–Trinajstić information content (AvgIpc) is 3.01. The summed E-state index contributed by atoms with van der Waals surface area (Å²) < 4.78 is 0. The van der Waals surface area contributed by atoms with Crippen molar-refractivity contribution in [3.8, 4) is 0 Å². The first-order valence-electron chi connectivity index (χ1n) is 13.1. The summed E-state index contributed by atoms with van der Waals surface area (Å²) in [5, 5.41) is 4.90. The third kappa shape index (κ3) is 5.53. The molecule has 0 aliphatic carbocycles. The van der Waals surface area contributed by atoms with Crippen molar-refractivity contribution in [2.24, 2.45) is 0 Å². The lowest BCUT2D eigenvalue weighted by atomic mass is 10.1. The van der Waals surface area contributed by atoms with E-state index in [1.807, 2.05) is 24.3 Å². The molecule has 0 aromatic heterocycles. The maximum Gasteiger partial charge on any atom is 0.0638 e. The summed E-state index contributed by atoms with van der Waals surface area (Å²) >= 11 is 0. The Hall–Kier alpha value is -5.28. The molecular formula is C36H28N3. The minimum atomic E-state index is 0.913. The molecular weight excluding hydrogens is 474 g/mol. The van der Waals surface area contributed by atoms with E-state index in [2.05, 4.69) is 155 Å². The van der Waals surface area contributed by atoms with Crippen LogP contribution in [0.25, 0.3) is 0 Å². The van der Waals surface area contributed by atoms with Gasteiger partial charge in [-0.1, -0.05) is 72.8 Å². The lowest BCUT2D eigenvalue weighted by Crippen LogP contribution is -2.09. The topological polar surface area (TPSA) is 20.6 Å². The number of hydrogen-bond donors (Lipinski definition) is 0. The van der Waals surface area contributed by atoms with Gasteiger partial charge in [0.1, 0.15) is 0 Å². The second-order valence-corrected chi connectivity index (χ2v) is 9.16. The molecule has 0 saturated heterocycles.